The van der Waals surface area contributed by atoms with Crippen LogP contribution in [-0.4, -0.2) is 0 Å². The Kier molecular flexibility index (Phi) is 5.67. The van der Waals surface area contributed by atoms with E-state index in [1.54, 1.807) is 0 Å². The van der Waals surface area contributed by atoms with E-state index in [2.05, 4.69) is 82.6 Å². The maximum atomic E-state index is 3.90. The van der Waals surface area contributed by atoms with Crippen molar-refractivity contribution in [2.24, 2.45) is 5.41 Å². The zero-order valence-electron chi connectivity index (χ0n) is 13.5. The van der Waals surface area contributed by atoms with Gasteiger partial charge >= 0.3 is 0 Å². The Balaban J connectivity index is 3.13. The van der Waals surface area contributed by atoms with E-state index in [0.29, 0.717) is 22.1 Å². The van der Waals surface area contributed by atoms with Gasteiger partial charge in [0.1, 0.15) is 0 Å². The van der Waals surface area contributed by atoms with E-state index in [9.17, 15) is 0 Å². The van der Waals surface area contributed by atoms with E-state index >= 15 is 0 Å². The summed E-state index contributed by atoms with van der Waals surface area (Å²) in [6, 6.07) is 7.03. The van der Waals surface area contributed by atoms with Gasteiger partial charge in [0, 0.05) is 4.83 Å². The molecule has 0 heterocycles. The number of benzene rings is 1. The first-order valence-electron chi connectivity index (χ1n) is 7.39. The van der Waals surface area contributed by atoms with E-state index in [1.165, 1.54) is 16.7 Å². The highest BCUT2D eigenvalue weighted by atomic mass is 79.9. The highest BCUT2D eigenvalue weighted by Crippen LogP contribution is 2.39. The zero-order valence-corrected chi connectivity index (χ0v) is 15.1. The van der Waals surface area contributed by atoms with Crippen molar-refractivity contribution >= 4 is 15.9 Å². The van der Waals surface area contributed by atoms with Gasteiger partial charge in [-0.3, -0.25) is 0 Å². The number of halogens is 1. The van der Waals surface area contributed by atoms with Crippen LogP contribution in [0, 0.1) is 5.41 Å². The molecule has 0 amide bonds. The van der Waals surface area contributed by atoms with Crippen LogP contribution in [0.15, 0.2) is 18.2 Å². The molecule has 0 aromatic heterocycles. The second-order valence-electron chi connectivity index (χ2n) is 7.43. The largest absolute Gasteiger partial charge is 0.0838 e. The van der Waals surface area contributed by atoms with Crippen molar-refractivity contribution in [3.05, 3.63) is 34.9 Å². The van der Waals surface area contributed by atoms with Crippen LogP contribution in [0.3, 0.4) is 0 Å². The topological polar surface area (TPSA) is 0 Å². The van der Waals surface area contributed by atoms with E-state index in [1.807, 2.05) is 0 Å². The van der Waals surface area contributed by atoms with Gasteiger partial charge in [0.05, 0.1) is 0 Å². The molecule has 1 unspecified atom stereocenters. The van der Waals surface area contributed by atoms with Crippen molar-refractivity contribution in [3.8, 4) is 0 Å². The molecule has 0 bridgehead atoms. The van der Waals surface area contributed by atoms with Crippen LogP contribution in [0.1, 0.15) is 88.2 Å². The Bertz CT molecular complexity index is 410. The first-order valence-corrected chi connectivity index (χ1v) is 8.31. The molecule has 1 aromatic rings. The summed E-state index contributed by atoms with van der Waals surface area (Å²) in [6.45, 7) is 16.0. The average molecular weight is 325 g/mol. The molecule has 0 radical (unpaired) electrons. The lowest BCUT2D eigenvalue weighted by Crippen LogP contribution is -2.10. The molecule has 0 N–H and O–H groups in total. The number of hydrogen-bond acceptors (Lipinski definition) is 0. The first kappa shape index (κ1) is 16.8. The van der Waals surface area contributed by atoms with Crippen molar-refractivity contribution in [2.75, 3.05) is 0 Å². The molecule has 108 valence electrons. The fourth-order valence-corrected chi connectivity index (χ4v) is 3.77. The normalized spacial score (nSPS) is 14.2. The Labute approximate surface area is 128 Å². The van der Waals surface area contributed by atoms with E-state index < -0.39 is 0 Å². The second kappa shape index (κ2) is 6.43. The number of rotatable bonds is 4. The lowest BCUT2D eigenvalue weighted by Gasteiger charge is -2.25. The minimum Gasteiger partial charge on any atom is -0.0838 e. The van der Waals surface area contributed by atoms with Gasteiger partial charge in [0.2, 0.25) is 0 Å². The van der Waals surface area contributed by atoms with Crippen molar-refractivity contribution in [3.63, 3.8) is 0 Å². The van der Waals surface area contributed by atoms with Gasteiger partial charge in [-0.05, 0) is 40.4 Å². The summed E-state index contributed by atoms with van der Waals surface area (Å²) in [6.07, 6.45) is 1.16. The molecule has 0 saturated carbocycles. The van der Waals surface area contributed by atoms with Crippen LogP contribution in [0.4, 0.5) is 0 Å². The number of hydrogen-bond donors (Lipinski definition) is 0. The Morgan fingerprint density at radius 1 is 0.947 bits per heavy atom. The monoisotopic (exact) mass is 324 g/mol. The summed E-state index contributed by atoms with van der Waals surface area (Å²) in [7, 11) is 0. The molecule has 1 heteroatoms. The quantitative estimate of drug-likeness (QED) is 0.534. The molecule has 19 heavy (non-hydrogen) atoms. The molecule has 0 aliphatic carbocycles. The maximum Gasteiger partial charge on any atom is 0.0403 e. The van der Waals surface area contributed by atoms with Gasteiger partial charge < -0.3 is 0 Å². The fourth-order valence-electron chi connectivity index (χ4n) is 2.39. The first-order chi connectivity index (χ1) is 8.61. The fraction of sp³-hybridized carbons (Fsp3) is 0.667. The standard InChI is InChI=1S/C18H29Br/c1-12(2)14-8-9-15(16(10-14)13(3)4)17(19)11-18(5,6)7/h8-10,12-13,17H,11H2,1-7H3. The van der Waals surface area contributed by atoms with Gasteiger partial charge in [0.25, 0.3) is 0 Å². The number of alkyl halides is 1. The molecule has 1 atom stereocenters. The van der Waals surface area contributed by atoms with Gasteiger partial charge in [-0.15, -0.1) is 0 Å². The minimum atomic E-state index is 0.346. The third-order valence-corrected chi connectivity index (χ3v) is 4.35. The predicted octanol–water partition coefficient (Wildman–Crippen LogP) is 6.81. The van der Waals surface area contributed by atoms with Gasteiger partial charge in [-0.1, -0.05) is 82.6 Å². The average Bonchev–Trinajstić information content (AvgIpc) is 2.25. The highest BCUT2D eigenvalue weighted by Gasteiger charge is 2.21. The summed E-state index contributed by atoms with van der Waals surface area (Å²) in [5.74, 6) is 1.18. The van der Waals surface area contributed by atoms with Crippen LogP contribution >= 0.6 is 15.9 Å². The third kappa shape index (κ3) is 4.95. The Morgan fingerprint density at radius 3 is 1.95 bits per heavy atom. The predicted molar refractivity (Wildman–Crippen MR) is 90.4 cm³/mol. The molecule has 0 aliphatic heterocycles. The van der Waals surface area contributed by atoms with Crippen LogP contribution in [0.25, 0.3) is 0 Å². The zero-order chi connectivity index (χ0) is 14.8. The molecular formula is C18H29Br. The summed E-state index contributed by atoms with van der Waals surface area (Å²) in [5, 5.41) is 0. The molecule has 1 aromatic carbocycles. The molecule has 1 rings (SSSR count). The third-order valence-electron chi connectivity index (χ3n) is 3.53. The summed E-state index contributed by atoms with van der Waals surface area (Å²) in [4.78, 5) is 0.450. The van der Waals surface area contributed by atoms with Crippen molar-refractivity contribution in [1.82, 2.24) is 0 Å². The molecule has 0 fully saturated rings. The minimum absolute atomic E-state index is 0.346. The van der Waals surface area contributed by atoms with E-state index in [4.69, 9.17) is 0 Å². The molecule has 0 aliphatic rings. The Hall–Kier alpha value is -0.300. The van der Waals surface area contributed by atoms with Crippen LogP contribution < -0.4 is 0 Å². The van der Waals surface area contributed by atoms with Crippen LogP contribution in [0.5, 0.6) is 0 Å². The van der Waals surface area contributed by atoms with Gasteiger partial charge in [-0.2, -0.15) is 0 Å². The smallest absolute Gasteiger partial charge is 0.0403 e. The Morgan fingerprint density at radius 2 is 1.53 bits per heavy atom. The summed E-state index contributed by atoms with van der Waals surface area (Å²) in [5.41, 5.74) is 4.76. The van der Waals surface area contributed by atoms with Crippen LogP contribution in [0.2, 0.25) is 0 Å². The second-order valence-corrected chi connectivity index (χ2v) is 8.54. The summed E-state index contributed by atoms with van der Waals surface area (Å²) >= 11 is 3.90. The van der Waals surface area contributed by atoms with E-state index in [-0.39, 0.29) is 0 Å². The van der Waals surface area contributed by atoms with Crippen molar-refractivity contribution in [1.29, 1.82) is 0 Å². The molecular weight excluding hydrogens is 296 g/mol. The van der Waals surface area contributed by atoms with Gasteiger partial charge in [0.15, 0.2) is 0 Å². The summed E-state index contributed by atoms with van der Waals surface area (Å²) < 4.78 is 0. The SMILES string of the molecule is CC(C)c1ccc(C(Br)CC(C)(C)C)c(C(C)C)c1. The molecule has 0 spiro atoms. The molecule has 0 nitrogen and oxygen atoms in total. The lowest BCUT2D eigenvalue weighted by molar-refractivity contribution is 0.376. The maximum absolute atomic E-state index is 3.90. The van der Waals surface area contributed by atoms with E-state index in [0.717, 1.165) is 6.42 Å². The van der Waals surface area contributed by atoms with Crippen molar-refractivity contribution < 1.29 is 0 Å². The molecule has 0 saturated heterocycles. The van der Waals surface area contributed by atoms with Crippen molar-refractivity contribution in [2.45, 2.75) is 71.5 Å². The lowest BCUT2D eigenvalue weighted by atomic mass is 9.84. The highest BCUT2D eigenvalue weighted by molar-refractivity contribution is 9.09. The van der Waals surface area contributed by atoms with Crippen LogP contribution in [-0.2, 0) is 0 Å². The van der Waals surface area contributed by atoms with Gasteiger partial charge in [-0.25, -0.2) is 0 Å².